The van der Waals surface area contributed by atoms with E-state index in [4.69, 9.17) is 11.6 Å². The summed E-state index contributed by atoms with van der Waals surface area (Å²) in [6.07, 6.45) is 2.43. The average Bonchev–Trinajstić information content (AvgIpc) is 2.65. The fourth-order valence-electron chi connectivity index (χ4n) is 3.35. The van der Waals surface area contributed by atoms with Crippen molar-refractivity contribution in [1.82, 2.24) is 4.90 Å². The minimum absolute atomic E-state index is 0.0722. The number of amides is 3. The van der Waals surface area contributed by atoms with E-state index in [-0.39, 0.29) is 17.4 Å². The molecule has 6 nitrogen and oxygen atoms in total. The summed E-state index contributed by atoms with van der Waals surface area (Å²) in [5, 5.41) is 12.8. The standard InChI is InChI=1S/C16H20ClN3O3/c1-9-4-5-13-15(21)19(16(22)18(13)7-6-9)14-10(2)8-12(17)11(3)20(14)23/h8-9,13H,4-7H2,1-3H3. The zero-order valence-electron chi connectivity index (χ0n) is 13.5. The van der Waals surface area contributed by atoms with Crippen LogP contribution in [0.4, 0.5) is 10.6 Å². The molecule has 3 rings (SSSR count). The van der Waals surface area contributed by atoms with Gasteiger partial charge in [0.05, 0.1) is 5.02 Å². The first-order chi connectivity index (χ1) is 10.8. The molecule has 2 fully saturated rings. The van der Waals surface area contributed by atoms with Crippen LogP contribution in [0.5, 0.6) is 0 Å². The number of urea groups is 1. The summed E-state index contributed by atoms with van der Waals surface area (Å²) in [6.45, 7) is 5.94. The summed E-state index contributed by atoms with van der Waals surface area (Å²) in [6, 6.07) is 0.763. The number of carbonyl (C=O) groups is 2. The van der Waals surface area contributed by atoms with Gasteiger partial charge in [-0.1, -0.05) is 18.5 Å². The molecule has 1 aromatic rings. The number of anilines is 1. The third-order valence-corrected chi connectivity index (χ3v) is 5.25. The van der Waals surface area contributed by atoms with E-state index in [1.807, 2.05) is 0 Å². The van der Waals surface area contributed by atoms with Gasteiger partial charge in [-0.25, -0.2) is 14.3 Å². The molecule has 0 spiro atoms. The Morgan fingerprint density at radius 3 is 2.65 bits per heavy atom. The van der Waals surface area contributed by atoms with Crippen LogP contribution in [0.3, 0.4) is 0 Å². The minimum Gasteiger partial charge on any atom is -0.710 e. The molecule has 7 heteroatoms. The highest BCUT2D eigenvalue weighted by Crippen LogP contribution is 2.32. The Morgan fingerprint density at radius 2 is 1.96 bits per heavy atom. The average molecular weight is 338 g/mol. The molecule has 2 aliphatic heterocycles. The molecule has 3 heterocycles. The lowest BCUT2D eigenvalue weighted by Gasteiger charge is -2.19. The number of carbonyl (C=O) groups excluding carboxylic acids is 2. The van der Waals surface area contributed by atoms with Crippen molar-refractivity contribution in [2.45, 2.75) is 46.1 Å². The maximum atomic E-state index is 12.8. The predicted molar refractivity (Wildman–Crippen MR) is 86.3 cm³/mol. The van der Waals surface area contributed by atoms with Gasteiger partial charge < -0.3 is 5.21 Å². The van der Waals surface area contributed by atoms with E-state index in [9.17, 15) is 14.8 Å². The molecular weight excluding hydrogens is 318 g/mol. The number of rotatable bonds is 1. The SMILES string of the molecule is Cc1cc(Cl)c(C)[n+]([O-])c1N1C(=O)C2CCC(C)CCN2C1=O. The maximum Gasteiger partial charge on any atom is 0.419 e. The lowest BCUT2D eigenvalue weighted by Crippen LogP contribution is -2.45. The molecule has 2 saturated heterocycles. The van der Waals surface area contributed by atoms with Crippen molar-refractivity contribution in [3.63, 3.8) is 0 Å². The largest absolute Gasteiger partial charge is 0.710 e. The van der Waals surface area contributed by atoms with Crippen LogP contribution >= 0.6 is 11.6 Å². The van der Waals surface area contributed by atoms with Gasteiger partial charge in [0.2, 0.25) is 0 Å². The molecule has 2 aliphatic rings. The quantitative estimate of drug-likeness (QED) is 0.449. The highest BCUT2D eigenvalue weighted by molar-refractivity contribution is 6.31. The molecule has 0 aromatic carbocycles. The number of aryl methyl sites for hydroxylation is 1. The second-order valence-corrected chi connectivity index (χ2v) is 6.92. The van der Waals surface area contributed by atoms with Crippen LogP contribution in [0.2, 0.25) is 5.02 Å². The summed E-state index contributed by atoms with van der Waals surface area (Å²) in [5.74, 6) is 0.264. The number of nitrogens with zero attached hydrogens (tertiary/aromatic N) is 3. The van der Waals surface area contributed by atoms with Crippen molar-refractivity contribution >= 4 is 29.4 Å². The molecule has 0 N–H and O–H groups in total. The third-order valence-electron chi connectivity index (χ3n) is 4.86. The van der Waals surface area contributed by atoms with Crippen molar-refractivity contribution in [2.75, 3.05) is 11.4 Å². The molecule has 2 atom stereocenters. The van der Waals surface area contributed by atoms with Gasteiger partial charge in [-0.05, 0) is 45.1 Å². The zero-order chi connectivity index (χ0) is 16.9. The first-order valence-corrected chi connectivity index (χ1v) is 8.24. The highest BCUT2D eigenvalue weighted by Gasteiger charge is 2.53. The Balaban J connectivity index is 2.04. The van der Waals surface area contributed by atoms with Crippen LogP contribution < -0.4 is 9.63 Å². The van der Waals surface area contributed by atoms with Crippen molar-refractivity contribution in [3.8, 4) is 0 Å². The molecule has 23 heavy (non-hydrogen) atoms. The van der Waals surface area contributed by atoms with Gasteiger partial charge in [-0.3, -0.25) is 4.90 Å². The van der Waals surface area contributed by atoms with Crippen LogP contribution in [0, 0.1) is 25.0 Å². The van der Waals surface area contributed by atoms with Gasteiger partial charge in [0.15, 0.2) is 0 Å². The highest BCUT2D eigenvalue weighted by atomic mass is 35.5. The van der Waals surface area contributed by atoms with Crippen LogP contribution in [0.1, 0.15) is 37.4 Å². The Bertz CT molecular complexity index is 666. The smallest absolute Gasteiger partial charge is 0.419 e. The Hall–Kier alpha value is -1.82. The number of aromatic nitrogens is 1. The lowest BCUT2D eigenvalue weighted by molar-refractivity contribution is -0.598. The van der Waals surface area contributed by atoms with Crippen LogP contribution in [0.25, 0.3) is 0 Å². The Kier molecular flexibility index (Phi) is 3.96. The van der Waals surface area contributed by atoms with E-state index in [1.165, 1.54) is 0 Å². The molecule has 0 aliphatic carbocycles. The summed E-state index contributed by atoms with van der Waals surface area (Å²) < 4.78 is 0.586. The monoisotopic (exact) mass is 337 g/mol. The van der Waals surface area contributed by atoms with Crippen molar-refractivity contribution in [1.29, 1.82) is 0 Å². The fraction of sp³-hybridized carbons (Fsp3) is 0.562. The normalized spacial score (nSPS) is 24.9. The number of hydrogen-bond donors (Lipinski definition) is 0. The molecule has 3 amide bonds. The number of halogens is 1. The maximum absolute atomic E-state index is 12.8. The molecule has 0 radical (unpaired) electrons. The summed E-state index contributed by atoms with van der Waals surface area (Å²) in [7, 11) is 0. The van der Waals surface area contributed by atoms with E-state index in [0.717, 1.165) is 17.7 Å². The van der Waals surface area contributed by atoms with E-state index in [2.05, 4.69) is 6.92 Å². The van der Waals surface area contributed by atoms with Crippen molar-refractivity contribution < 1.29 is 14.3 Å². The van der Waals surface area contributed by atoms with E-state index in [1.54, 1.807) is 24.8 Å². The van der Waals surface area contributed by atoms with Gasteiger partial charge in [0.1, 0.15) is 11.7 Å². The van der Waals surface area contributed by atoms with E-state index >= 15 is 0 Å². The summed E-state index contributed by atoms with van der Waals surface area (Å²) in [5.41, 5.74) is 0.798. The number of imide groups is 1. The fourth-order valence-corrected chi connectivity index (χ4v) is 3.59. The van der Waals surface area contributed by atoms with Crippen LogP contribution in [-0.2, 0) is 4.79 Å². The third kappa shape index (κ3) is 2.45. The second-order valence-electron chi connectivity index (χ2n) is 6.52. The first kappa shape index (κ1) is 16.1. The van der Waals surface area contributed by atoms with Crippen molar-refractivity contribution in [3.05, 3.63) is 27.6 Å². The zero-order valence-corrected chi connectivity index (χ0v) is 14.3. The van der Waals surface area contributed by atoms with Crippen LogP contribution in [-0.4, -0.2) is 29.4 Å². The number of pyridine rings is 1. The van der Waals surface area contributed by atoms with Gasteiger partial charge >= 0.3 is 11.9 Å². The molecule has 124 valence electrons. The molecule has 0 saturated carbocycles. The van der Waals surface area contributed by atoms with Gasteiger partial charge in [-0.15, -0.1) is 4.90 Å². The first-order valence-electron chi connectivity index (χ1n) is 7.86. The van der Waals surface area contributed by atoms with Gasteiger partial charge in [-0.2, -0.15) is 0 Å². The Morgan fingerprint density at radius 1 is 1.26 bits per heavy atom. The van der Waals surface area contributed by atoms with Gasteiger partial charge in [0.25, 0.3) is 5.82 Å². The topological polar surface area (TPSA) is 67.6 Å². The minimum atomic E-state index is -0.456. The summed E-state index contributed by atoms with van der Waals surface area (Å²) >= 11 is 6.01. The predicted octanol–water partition coefficient (Wildman–Crippen LogP) is 2.55. The van der Waals surface area contributed by atoms with Gasteiger partial charge in [0, 0.05) is 12.1 Å². The Labute approximate surface area is 140 Å². The number of hydrogen-bond acceptors (Lipinski definition) is 3. The molecule has 1 aromatic heterocycles. The molecule has 2 unspecified atom stereocenters. The molecule has 0 bridgehead atoms. The number of fused-ring (bicyclic) bond motifs is 1. The second kappa shape index (κ2) is 5.67. The molecular formula is C16H20ClN3O3. The van der Waals surface area contributed by atoms with E-state index < -0.39 is 12.1 Å². The van der Waals surface area contributed by atoms with Crippen LogP contribution in [0.15, 0.2) is 6.07 Å². The lowest BCUT2D eigenvalue weighted by atomic mass is 10.0. The summed E-state index contributed by atoms with van der Waals surface area (Å²) in [4.78, 5) is 28.2. The van der Waals surface area contributed by atoms with Crippen molar-refractivity contribution in [2.24, 2.45) is 5.92 Å². The van der Waals surface area contributed by atoms with E-state index in [0.29, 0.717) is 34.2 Å².